The van der Waals surface area contributed by atoms with Gasteiger partial charge in [-0.05, 0) is 47.4 Å². The molecule has 0 amide bonds. The molecule has 0 saturated carbocycles. The largest absolute Gasteiger partial charge is 0.392 e. The first kappa shape index (κ1) is 16.5. The summed E-state index contributed by atoms with van der Waals surface area (Å²) in [6.07, 6.45) is 2.88. The van der Waals surface area contributed by atoms with E-state index in [1.807, 2.05) is 29.2 Å². The molecular weight excluding hydrogens is 328 g/mol. The van der Waals surface area contributed by atoms with Crippen molar-refractivity contribution >= 4 is 28.5 Å². The van der Waals surface area contributed by atoms with Crippen LogP contribution in [0.25, 0.3) is 5.57 Å². The summed E-state index contributed by atoms with van der Waals surface area (Å²) in [5.41, 5.74) is 3.62. The molecule has 124 valence electrons. The van der Waals surface area contributed by atoms with E-state index in [0.29, 0.717) is 29.4 Å². The Morgan fingerprint density at radius 2 is 1.96 bits per heavy atom. The van der Waals surface area contributed by atoms with Crippen LogP contribution in [0.1, 0.15) is 17.5 Å². The zero-order chi connectivity index (χ0) is 17.1. The molecule has 1 aliphatic heterocycles. The molecule has 0 atom stereocenters. The number of aliphatic hydroxyl groups is 1. The third-order valence-electron chi connectivity index (χ3n) is 4.18. The van der Waals surface area contributed by atoms with Crippen molar-refractivity contribution in [2.75, 3.05) is 18.0 Å². The molecular formula is C18H17ClN2O3. The number of nitro benzene ring substituents is 1. The minimum absolute atomic E-state index is 0.0653. The number of hydrogen-bond acceptors (Lipinski definition) is 4. The Hall–Kier alpha value is -2.37. The Kier molecular flexibility index (Phi) is 4.83. The zero-order valence-electron chi connectivity index (χ0n) is 13.0. The highest BCUT2D eigenvalue weighted by Gasteiger charge is 2.22. The van der Waals surface area contributed by atoms with Gasteiger partial charge in [0.15, 0.2) is 0 Å². The molecule has 0 spiro atoms. The molecule has 0 aromatic heterocycles. The molecule has 0 aliphatic carbocycles. The first-order valence-electron chi connectivity index (χ1n) is 7.66. The standard InChI is InChI=1S/C18H17ClN2O3/c19-16-4-2-14(3-5-16)15-7-9-20(10-8-15)18-11-13(12-22)1-6-17(18)21(23)24/h1-7,11,22H,8-10,12H2. The number of hydrogen-bond donors (Lipinski definition) is 1. The van der Waals surface area contributed by atoms with Crippen LogP contribution in [-0.2, 0) is 6.61 Å². The van der Waals surface area contributed by atoms with Crippen LogP contribution in [0.4, 0.5) is 11.4 Å². The monoisotopic (exact) mass is 344 g/mol. The van der Waals surface area contributed by atoms with E-state index in [9.17, 15) is 15.2 Å². The van der Waals surface area contributed by atoms with Crippen LogP contribution in [0.15, 0.2) is 48.5 Å². The van der Waals surface area contributed by atoms with E-state index in [2.05, 4.69) is 6.08 Å². The maximum Gasteiger partial charge on any atom is 0.292 e. The Morgan fingerprint density at radius 1 is 1.21 bits per heavy atom. The Morgan fingerprint density at radius 3 is 2.54 bits per heavy atom. The molecule has 0 fully saturated rings. The van der Waals surface area contributed by atoms with Gasteiger partial charge in [0, 0.05) is 24.2 Å². The van der Waals surface area contributed by atoms with Crippen molar-refractivity contribution in [1.82, 2.24) is 0 Å². The van der Waals surface area contributed by atoms with E-state index < -0.39 is 0 Å². The summed E-state index contributed by atoms with van der Waals surface area (Å²) >= 11 is 5.92. The second kappa shape index (κ2) is 7.03. The first-order valence-corrected chi connectivity index (χ1v) is 8.04. The lowest BCUT2D eigenvalue weighted by molar-refractivity contribution is -0.384. The summed E-state index contributed by atoms with van der Waals surface area (Å²) in [4.78, 5) is 12.9. The van der Waals surface area contributed by atoms with Gasteiger partial charge in [-0.2, -0.15) is 0 Å². The van der Waals surface area contributed by atoms with Crippen LogP contribution in [0, 0.1) is 10.1 Å². The predicted octanol–water partition coefficient (Wildman–Crippen LogP) is 4.03. The fraction of sp³-hybridized carbons (Fsp3) is 0.222. The quantitative estimate of drug-likeness (QED) is 0.671. The lowest BCUT2D eigenvalue weighted by atomic mass is 9.99. The molecule has 6 heteroatoms. The normalized spacial score (nSPS) is 14.4. The van der Waals surface area contributed by atoms with E-state index in [-0.39, 0.29) is 17.2 Å². The Balaban J connectivity index is 1.86. The third-order valence-corrected chi connectivity index (χ3v) is 4.44. The van der Waals surface area contributed by atoms with Crippen molar-refractivity contribution in [3.8, 4) is 0 Å². The number of rotatable bonds is 4. The van der Waals surface area contributed by atoms with Crippen LogP contribution in [0.5, 0.6) is 0 Å². The van der Waals surface area contributed by atoms with Crippen molar-refractivity contribution in [1.29, 1.82) is 0 Å². The average molecular weight is 345 g/mol. The smallest absolute Gasteiger partial charge is 0.292 e. The number of benzene rings is 2. The number of anilines is 1. The number of nitro groups is 1. The van der Waals surface area contributed by atoms with Crippen molar-refractivity contribution in [2.24, 2.45) is 0 Å². The molecule has 5 nitrogen and oxygen atoms in total. The summed E-state index contributed by atoms with van der Waals surface area (Å²) in [6.45, 7) is 1.14. The lowest BCUT2D eigenvalue weighted by Gasteiger charge is -2.28. The van der Waals surface area contributed by atoms with Gasteiger partial charge in [0.25, 0.3) is 5.69 Å². The Bertz CT molecular complexity index is 787. The summed E-state index contributed by atoms with van der Waals surface area (Å²) in [5, 5.41) is 21.3. The van der Waals surface area contributed by atoms with E-state index >= 15 is 0 Å². The SMILES string of the molecule is O=[N+]([O-])c1ccc(CO)cc1N1CC=C(c2ccc(Cl)cc2)CC1. The minimum atomic E-state index is -0.380. The van der Waals surface area contributed by atoms with Crippen molar-refractivity contribution in [2.45, 2.75) is 13.0 Å². The van der Waals surface area contributed by atoms with E-state index in [0.717, 1.165) is 12.0 Å². The number of halogens is 1. The van der Waals surface area contributed by atoms with Crippen molar-refractivity contribution in [3.05, 3.63) is 74.8 Å². The van der Waals surface area contributed by atoms with Gasteiger partial charge in [0.05, 0.1) is 11.5 Å². The molecule has 1 aliphatic rings. The second-order valence-corrected chi connectivity index (χ2v) is 6.11. The van der Waals surface area contributed by atoms with Crippen LogP contribution in [0.3, 0.4) is 0 Å². The highest BCUT2D eigenvalue weighted by molar-refractivity contribution is 6.30. The fourth-order valence-electron chi connectivity index (χ4n) is 2.89. The highest BCUT2D eigenvalue weighted by atomic mass is 35.5. The van der Waals surface area contributed by atoms with Crippen LogP contribution >= 0.6 is 11.6 Å². The van der Waals surface area contributed by atoms with Crippen LogP contribution in [0.2, 0.25) is 5.02 Å². The molecule has 0 radical (unpaired) electrons. The zero-order valence-corrected chi connectivity index (χ0v) is 13.7. The van der Waals surface area contributed by atoms with Gasteiger partial charge in [-0.15, -0.1) is 0 Å². The predicted molar refractivity (Wildman–Crippen MR) is 95.3 cm³/mol. The van der Waals surface area contributed by atoms with Crippen molar-refractivity contribution in [3.63, 3.8) is 0 Å². The highest BCUT2D eigenvalue weighted by Crippen LogP contribution is 2.33. The molecule has 2 aromatic carbocycles. The van der Waals surface area contributed by atoms with Gasteiger partial charge in [0.2, 0.25) is 0 Å². The number of aliphatic hydroxyl groups excluding tert-OH is 1. The van der Waals surface area contributed by atoms with Crippen LogP contribution < -0.4 is 4.90 Å². The molecule has 0 unspecified atom stereocenters. The van der Waals surface area contributed by atoms with Gasteiger partial charge >= 0.3 is 0 Å². The maximum atomic E-state index is 11.3. The minimum Gasteiger partial charge on any atom is -0.392 e. The van der Waals surface area contributed by atoms with E-state index in [1.54, 1.807) is 12.1 Å². The fourth-order valence-corrected chi connectivity index (χ4v) is 3.02. The van der Waals surface area contributed by atoms with Gasteiger partial charge < -0.3 is 10.0 Å². The Labute approximate surface area is 144 Å². The number of nitrogens with zero attached hydrogens (tertiary/aromatic N) is 2. The molecule has 24 heavy (non-hydrogen) atoms. The summed E-state index contributed by atoms with van der Waals surface area (Å²) in [7, 11) is 0. The van der Waals surface area contributed by atoms with Gasteiger partial charge in [-0.3, -0.25) is 10.1 Å². The topological polar surface area (TPSA) is 66.6 Å². The van der Waals surface area contributed by atoms with E-state index in [4.69, 9.17) is 11.6 Å². The third kappa shape index (κ3) is 3.42. The maximum absolute atomic E-state index is 11.3. The molecule has 1 N–H and O–H groups in total. The average Bonchev–Trinajstić information content (AvgIpc) is 2.62. The first-order chi connectivity index (χ1) is 11.6. The van der Waals surface area contributed by atoms with Crippen molar-refractivity contribution < 1.29 is 10.0 Å². The van der Waals surface area contributed by atoms with Gasteiger partial charge in [0.1, 0.15) is 5.69 Å². The summed E-state index contributed by atoms with van der Waals surface area (Å²) in [6, 6.07) is 12.4. The molecule has 2 aromatic rings. The van der Waals surface area contributed by atoms with Gasteiger partial charge in [-0.25, -0.2) is 0 Å². The lowest BCUT2D eigenvalue weighted by Crippen LogP contribution is -2.29. The molecule has 3 rings (SSSR count). The molecule has 0 saturated heterocycles. The summed E-state index contributed by atoms with van der Waals surface area (Å²) in [5.74, 6) is 0. The second-order valence-electron chi connectivity index (χ2n) is 5.67. The molecule has 0 bridgehead atoms. The van der Waals surface area contributed by atoms with Crippen LogP contribution in [-0.4, -0.2) is 23.1 Å². The summed E-state index contributed by atoms with van der Waals surface area (Å²) < 4.78 is 0. The van der Waals surface area contributed by atoms with E-state index in [1.165, 1.54) is 11.6 Å². The van der Waals surface area contributed by atoms with Gasteiger partial charge in [-0.1, -0.05) is 29.8 Å². The molecule has 1 heterocycles.